The number of hydrogen-bond donors (Lipinski definition) is 2. The molecule has 0 aromatic carbocycles. The Kier molecular flexibility index (Phi) is 5.52. The Bertz CT molecular complexity index is 513. The molecule has 0 unspecified atom stereocenters. The van der Waals surface area contributed by atoms with Crippen LogP contribution in [0.1, 0.15) is 42.7 Å². The van der Waals surface area contributed by atoms with Crippen molar-refractivity contribution >= 4 is 23.7 Å². The highest BCUT2D eigenvalue weighted by atomic mass is 35.5. The molecule has 19 heavy (non-hydrogen) atoms. The van der Waals surface area contributed by atoms with Crippen molar-refractivity contribution < 1.29 is 0 Å². The van der Waals surface area contributed by atoms with Crippen LogP contribution in [0.3, 0.4) is 0 Å². The molecule has 2 aromatic heterocycles. The lowest BCUT2D eigenvalue weighted by atomic mass is 9.89. The Morgan fingerprint density at radius 1 is 1.32 bits per heavy atom. The maximum absolute atomic E-state index is 4.43. The van der Waals surface area contributed by atoms with Crippen LogP contribution in [0.2, 0.25) is 0 Å². The van der Waals surface area contributed by atoms with Gasteiger partial charge in [-0.2, -0.15) is 5.10 Å². The minimum atomic E-state index is 0. The molecule has 0 saturated heterocycles. The molecule has 106 valence electrons. The molecule has 2 rings (SSSR count). The summed E-state index contributed by atoms with van der Waals surface area (Å²) in [5.74, 6) is 0. The Labute approximate surface area is 124 Å². The van der Waals surface area contributed by atoms with Gasteiger partial charge in [0.1, 0.15) is 5.01 Å². The van der Waals surface area contributed by atoms with Gasteiger partial charge in [-0.3, -0.25) is 5.10 Å². The third-order valence-electron chi connectivity index (χ3n) is 2.73. The average molecular weight is 301 g/mol. The number of aryl methyl sites for hydroxylation is 1. The predicted molar refractivity (Wildman–Crippen MR) is 81.9 cm³/mol. The lowest BCUT2D eigenvalue weighted by molar-refractivity contribution is 0.553. The van der Waals surface area contributed by atoms with E-state index in [1.165, 1.54) is 11.3 Å². The molecular weight excluding hydrogens is 280 g/mol. The molecule has 0 radical (unpaired) electrons. The van der Waals surface area contributed by atoms with Crippen molar-refractivity contribution in [1.29, 1.82) is 0 Å². The van der Waals surface area contributed by atoms with Crippen LogP contribution in [0.4, 0.5) is 0 Å². The van der Waals surface area contributed by atoms with Crippen LogP contribution in [0.15, 0.2) is 11.6 Å². The molecule has 0 aliphatic heterocycles. The SMILES string of the molecule is Cc1csc(CNCc2cn[nH]c2C(C)(C)C)n1.Cl. The number of nitrogens with zero attached hydrogens (tertiary/aromatic N) is 2. The van der Waals surface area contributed by atoms with Gasteiger partial charge in [0, 0.05) is 40.8 Å². The van der Waals surface area contributed by atoms with Crippen LogP contribution >= 0.6 is 23.7 Å². The van der Waals surface area contributed by atoms with E-state index >= 15 is 0 Å². The van der Waals surface area contributed by atoms with E-state index in [0.717, 1.165) is 23.8 Å². The van der Waals surface area contributed by atoms with Crippen LogP contribution < -0.4 is 5.32 Å². The second-order valence-electron chi connectivity index (χ2n) is 5.51. The van der Waals surface area contributed by atoms with Crippen LogP contribution in [0.5, 0.6) is 0 Å². The molecule has 2 aromatic rings. The van der Waals surface area contributed by atoms with E-state index in [1.807, 2.05) is 13.1 Å². The molecular formula is C13H21ClN4S. The summed E-state index contributed by atoms with van der Waals surface area (Å²) >= 11 is 1.70. The van der Waals surface area contributed by atoms with Crippen molar-refractivity contribution in [3.8, 4) is 0 Å². The highest BCUT2D eigenvalue weighted by Gasteiger charge is 2.19. The summed E-state index contributed by atoms with van der Waals surface area (Å²) in [6, 6.07) is 0. The molecule has 0 fully saturated rings. The summed E-state index contributed by atoms with van der Waals surface area (Å²) < 4.78 is 0. The molecule has 0 amide bonds. The fourth-order valence-electron chi connectivity index (χ4n) is 1.88. The number of thiazole rings is 1. The smallest absolute Gasteiger partial charge is 0.107 e. The van der Waals surface area contributed by atoms with E-state index < -0.39 is 0 Å². The van der Waals surface area contributed by atoms with E-state index in [0.29, 0.717) is 0 Å². The largest absolute Gasteiger partial charge is 0.306 e. The summed E-state index contributed by atoms with van der Waals surface area (Å²) in [6.07, 6.45) is 1.90. The van der Waals surface area contributed by atoms with Gasteiger partial charge >= 0.3 is 0 Å². The predicted octanol–water partition coefficient (Wildman–Crippen LogP) is 3.18. The molecule has 0 aliphatic carbocycles. The standard InChI is InChI=1S/C13H20N4S.ClH/c1-9-8-18-11(16-9)7-14-5-10-6-15-17-12(10)13(2,3)4;/h6,8,14H,5,7H2,1-4H3,(H,15,17);1H. The Morgan fingerprint density at radius 3 is 2.63 bits per heavy atom. The highest BCUT2D eigenvalue weighted by Crippen LogP contribution is 2.23. The van der Waals surface area contributed by atoms with Gasteiger partial charge < -0.3 is 5.32 Å². The topological polar surface area (TPSA) is 53.6 Å². The van der Waals surface area contributed by atoms with Gasteiger partial charge in [0.05, 0.1) is 6.20 Å². The molecule has 6 heteroatoms. The van der Waals surface area contributed by atoms with E-state index in [9.17, 15) is 0 Å². The van der Waals surface area contributed by atoms with E-state index in [4.69, 9.17) is 0 Å². The zero-order chi connectivity index (χ0) is 13.2. The molecule has 0 spiro atoms. The highest BCUT2D eigenvalue weighted by molar-refractivity contribution is 7.09. The van der Waals surface area contributed by atoms with E-state index in [-0.39, 0.29) is 17.8 Å². The first-order valence-corrected chi connectivity index (χ1v) is 6.99. The molecule has 4 nitrogen and oxygen atoms in total. The van der Waals surface area contributed by atoms with E-state index in [1.54, 1.807) is 11.3 Å². The Balaban J connectivity index is 0.00000180. The van der Waals surface area contributed by atoms with Crippen molar-refractivity contribution in [3.63, 3.8) is 0 Å². The Hall–Kier alpha value is -0.910. The third-order valence-corrected chi connectivity index (χ3v) is 3.69. The van der Waals surface area contributed by atoms with Gasteiger partial charge in [0.25, 0.3) is 0 Å². The van der Waals surface area contributed by atoms with Gasteiger partial charge in [-0.1, -0.05) is 20.8 Å². The second-order valence-corrected chi connectivity index (χ2v) is 6.45. The first-order valence-electron chi connectivity index (χ1n) is 6.11. The molecule has 0 bridgehead atoms. The second kappa shape index (κ2) is 6.50. The minimum Gasteiger partial charge on any atom is -0.306 e. The molecule has 0 atom stereocenters. The van der Waals surface area contributed by atoms with Crippen molar-refractivity contribution in [2.45, 2.75) is 46.2 Å². The Morgan fingerprint density at radius 2 is 2.05 bits per heavy atom. The summed E-state index contributed by atoms with van der Waals surface area (Å²) in [6.45, 7) is 10.2. The number of aromatic amines is 1. The lowest BCUT2D eigenvalue weighted by Crippen LogP contribution is -2.18. The zero-order valence-corrected chi connectivity index (χ0v) is 13.4. The lowest BCUT2D eigenvalue weighted by Gasteiger charge is -2.18. The molecule has 0 aliphatic rings. The number of H-pyrrole nitrogens is 1. The number of hydrogen-bond acceptors (Lipinski definition) is 4. The number of halogens is 1. The third kappa shape index (κ3) is 4.30. The number of rotatable bonds is 4. The molecule has 2 heterocycles. The molecule has 0 saturated carbocycles. The number of aromatic nitrogens is 3. The zero-order valence-electron chi connectivity index (χ0n) is 11.8. The van der Waals surface area contributed by atoms with Crippen LogP contribution in [0, 0.1) is 6.92 Å². The average Bonchev–Trinajstić information content (AvgIpc) is 2.86. The van der Waals surface area contributed by atoms with Gasteiger partial charge in [-0.05, 0) is 6.92 Å². The minimum absolute atomic E-state index is 0. The molecule has 2 N–H and O–H groups in total. The first-order chi connectivity index (χ1) is 8.47. The van der Waals surface area contributed by atoms with Crippen molar-refractivity contribution in [1.82, 2.24) is 20.5 Å². The first kappa shape index (κ1) is 16.1. The van der Waals surface area contributed by atoms with Gasteiger partial charge in [-0.15, -0.1) is 23.7 Å². The summed E-state index contributed by atoms with van der Waals surface area (Å²) in [5, 5.41) is 13.9. The normalized spacial score (nSPS) is 11.4. The van der Waals surface area contributed by atoms with E-state index in [2.05, 4.69) is 46.6 Å². The summed E-state index contributed by atoms with van der Waals surface area (Å²) in [4.78, 5) is 4.43. The van der Waals surface area contributed by atoms with Gasteiger partial charge in [0.2, 0.25) is 0 Å². The quantitative estimate of drug-likeness (QED) is 0.912. The monoisotopic (exact) mass is 300 g/mol. The van der Waals surface area contributed by atoms with Gasteiger partial charge in [0.15, 0.2) is 0 Å². The van der Waals surface area contributed by atoms with Gasteiger partial charge in [-0.25, -0.2) is 4.98 Å². The van der Waals surface area contributed by atoms with Crippen molar-refractivity contribution in [2.75, 3.05) is 0 Å². The maximum atomic E-state index is 4.43. The van der Waals surface area contributed by atoms with Crippen molar-refractivity contribution in [3.05, 3.63) is 33.5 Å². The summed E-state index contributed by atoms with van der Waals surface area (Å²) in [5.41, 5.74) is 3.63. The maximum Gasteiger partial charge on any atom is 0.107 e. The fraction of sp³-hybridized carbons (Fsp3) is 0.538. The van der Waals surface area contributed by atoms with Crippen LogP contribution in [-0.2, 0) is 18.5 Å². The summed E-state index contributed by atoms with van der Waals surface area (Å²) in [7, 11) is 0. The fourth-order valence-corrected chi connectivity index (χ4v) is 2.62. The van der Waals surface area contributed by atoms with Crippen LogP contribution in [-0.4, -0.2) is 15.2 Å². The van der Waals surface area contributed by atoms with Crippen LogP contribution in [0.25, 0.3) is 0 Å². The van der Waals surface area contributed by atoms with Crippen molar-refractivity contribution in [2.24, 2.45) is 0 Å². The number of nitrogens with one attached hydrogen (secondary N) is 2.